The third kappa shape index (κ3) is 3.05. The molecular formula is C18H24N2S. The highest BCUT2D eigenvalue weighted by atomic mass is 32.1. The largest absolute Gasteiger partial charge is 0.314 e. The van der Waals surface area contributed by atoms with Crippen LogP contribution in [0, 0.1) is 20.8 Å². The summed E-state index contributed by atoms with van der Waals surface area (Å²) >= 11 is 1.88. The van der Waals surface area contributed by atoms with Crippen molar-refractivity contribution in [3.63, 3.8) is 0 Å². The molecule has 1 aliphatic rings. The Bertz CT molecular complexity index is 575. The monoisotopic (exact) mass is 300 g/mol. The molecule has 1 atom stereocenters. The molecular weight excluding hydrogens is 276 g/mol. The van der Waals surface area contributed by atoms with Crippen LogP contribution in [0.2, 0.25) is 0 Å². The van der Waals surface area contributed by atoms with E-state index in [4.69, 9.17) is 0 Å². The number of hydrogen-bond donors (Lipinski definition) is 1. The first-order chi connectivity index (χ1) is 10.2. The zero-order valence-corrected chi connectivity index (χ0v) is 14.0. The van der Waals surface area contributed by atoms with Gasteiger partial charge >= 0.3 is 0 Å². The van der Waals surface area contributed by atoms with Gasteiger partial charge < -0.3 is 5.32 Å². The first kappa shape index (κ1) is 14.8. The van der Waals surface area contributed by atoms with E-state index in [1.165, 1.54) is 27.1 Å². The summed E-state index contributed by atoms with van der Waals surface area (Å²) in [4.78, 5) is 4.10. The molecule has 0 amide bonds. The van der Waals surface area contributed by atoms with E-state index in [-0.39, 0.29) is 0 Å². The van der Waals surface area contributed by atoms with E-state index in [0.717, 1.165) is 26.2 Å². The molecule has 2 nitrogen and oxygen atoms in total. The van der Waals surface area contributed by atoms with E-state index in [2.05, 4.69) is 60.6 Å². The molecule has 112 valence electrons. The topological polar surface area (TPSA) is 15.3 Å². The predicted molar refractivity (Wildman–Crippen MR) is 91.3 cm³/mol. The molecule has 0 spiro atoms. The summed E-state index contributed by atoms with van der Waals surface area (Å²) in [6, 6.07) is 9.52. The van der Waals surface area contributed by atoms with Crippen LogP contribution in [0.3, 0.4) is 0 Å². The van der Waals surface area contributed by atoms with E-state index in [9.17, 15) is 0 Å². The highest BCUT2D eigenvalue weighted by molar-refractivity contribution is 7.10. The lowest BCUT2D eigenvalue weighted by atomic mass is 9.92. The lowest BCUT2D eigenvalue weighted by molar-refractivity contribution is 0.200. The molecule has 1 aromatic carbocycles. The lowest BCUT2D eigenvalue weighted by Gasteiger charge is -2.36. The minimum atomic E-state index is 0.410. The van der Waals surface area contributed by atoms with Crippen LogP contribution in [0.25, 0.3) is 0 Å². The third-order valence-corrected chi connectivity index (χ3v) is 5.27. The van der Waals surface area contributed by atoms with Crippen LogP contribution >= 0.6 is 11.3 Å². The van der Waals surface area contributed by atoms with Crippen molar-refractivity contribution >= 4 is 11.3 Å². The van der Waals surface area contributed by atoms with Crippen molar-refractivity contribution in [2.45, 2.75) is 26.8 Å². The normalized spacial score (nSPS) is 17.9. The molecule has 1 aromatic heterocycles. The highest BCUT2D eigenvalue weighted by Gasteiger charge is 2.27. The van der Waals surface area contributed by atoms with Crippen molar-refractivity contribution in [3.05, 3.63) is 56.8 Å². The molecule has 3 heteroatoms. The van der Waals surface area contributed by atoms with Crippen LogP contribution in [-0.2, 0) is 0 Å². The van der Waals surface area contributed by atoms with Crippen LogP contribution in [0.15, 0.2) is 29.6 Å². The second-order valence-corrected chi connectivity index (χ2v) is 7.00. The molecule has 1 saturated heterocycles. The molecule has 1 N–H and O–H groups in total. The van der Waals surface area contributed by atoms with Gasteiger partial charge in [0, 0.05) is 31.1 Å². The molecule has 2 heterocycles. The maximum atomic E-state index is 3.47. The number of piperazine rings is 1. The Balaban J connectivity index is 2.07. The Labute approximate surface area is 131 Å². The lowest BCUT2D eigenvalue weighted by Crippen LogP contribution is -2.45. The van der Waals surface area contributed by atoms with E-state index in [1.54, 1.807) is 0 Å². The Morgan fingerprint density at radius 3 is 2.33 bits per heavy atom. The van der Waals surface area contributed by atoms with Gasteiger partial charge in [-0.2, -0.15) is 0 Å². The van der Waals surface area contributed by atoms with Crippen molar-refractivity contribution in [1.82, 2.24) is 10.2 Å². The Morgan fingerprint density at radius 2 is 1.76 bits per heavy atom. The van der Waals surface area contributed by atoms with Crippen LogP contribution in [0.4, 0.5) is 0 Å². The number of thiophene rings is 1. The standard InChI is InChI=1S/C18H24N2S/c1-13-11-14(2)17(15(3)12-13)18(16-5-4-10-21-16)20-8-6-19-7-9-20/h4-5,10-12,18-19H,6-9H2,1-3H3/t18-/m0/s1. The highest BCUT2D eigenvalue weighted by Crippen LogP contribution is 2.36. The number of rotatable bonds is 3. The van der Waals surface area contributed by atoms with Gasteiger partial charge in [-0.1, -0.05) is 23.8 Å². The van der Waals surface area contributed by atoms with Crippen LogP contribution in [0.1, 0.15) is 33.2 Å². The zero-order chi connectivity index (χ0) is 14.8. The van der Waals surface area contributed by atoms with Crippen LogP contribution in [-0.4, -0.2) is 31.1 Å². The average Bonchev–Trinajstić information content (AvgIpc) is 2.97. The van der Waals surface area contributed by atoms with Crippen LogP contribution < -0.4 is 5.32 Å². The van der Waals surface area contributed by atoms with Crippen molar-refractivity contribution in [1.29, 1.82) is 0 Å². The average molecular weight is 300 g/mol. The summed E-state index contributed by atoms with van der Waals surface area (Å²) < 4.78 is 0. The summed E-state index contributed by atoms with van der Waals surface area (Å²) in [6.45, 7) is 11.1. The van der Waals surface area contributed by atoms with Gasteiger partial charge in [-0.05, 0) is 48.9 Å². The van der Waals surface area contributed by atoms with Crippen LogP contribution in [0.5, 0.6) is 0 Å². The Kier molecular flexibility index (Phi) is 4.43. The minimum absolute atomic E-state index is 0.410. The molecule has 1 aliphatic heterocycles. The van der Waals surface area contributed by atoms with E-state index in [1.807, 2.05) is 11.3 Å². The van der Waals surface area contributed by atoms with Gasteiger partial charge in [0.25, 0.3) is 0 Å². The van der Waals surface area contributed by atoms with Crippen molar-refractivity contribution in [3.8, 4) is 0 Å². The van der Waals surface area contributed by atoms with Crippen molar-refractivity contribution in [2.75, 3.05) is 26.2 Å². The molecule has 0 bridgehead atoms. The van der Waals surface area contributed by atoms with Gasteiger partial charge in [-0.3, -0.25) is 4.90 Å². The van der Waals surface area contributed by atoms with Gasteiger partial charge in [-0.25, -0.2) is 0 Å². The molecule has 0 saturated carbocycles. The zero-order valence-electron chi connectivity index (χ0n) is 13.1. The van der Waals surface area contributed by atoms with Gasteiger partial charge in [0.15, 0.2) is 0 Å². The molecule has 21 heavy (non-hydrogen) atoms. The molecule has 0 aliphatic carbocycles. The van der Waals surface area contributed by atoms with Gasteiger partial charge in [0.2, 0.25) is 0 Å². The van der Waals surface area contributed by atoms with E-state index in [0.29, 0.717) is 6.04 Å². The fraction of sp³-hybridized carbons (Fsp3) is 0.444. The molecule has 3 rings (SSSR count). The van der Waals surface area contributed by atoms with Crippen molar-refractivity contribution in [2.24, 2.45) is 0 Å². The van der Waals surface area contributed by atoms with Crippen molar-refractivity contribution < 1.29 is 0 Å². The second kappa shape index (κ2) is 6.30. The molecule has 0 unspecified atom stereocenters. The Hall–Kier alpha value is -1.16. The quantitative estimate of drug-likeness (QED) is 0.930. The summed E-state index contributed by atoms with van der Waals surface area (Å²) in [6.07, 6.45) is 0. The molecule has 0 radical (unpaired) electrons. The van der Waals surface area contributed by atoms with Gasteiger partial charge in [-0.15, -0.1) is 11.3 Å². The summed E-state index contributed by atoms with van der Waals surface area (Å²) in [5.41, 5.74) is 5.71. The number of benzene rings is 1. The minimum Gasteiger partial charge on any atom is -0.314 e. The third-order valence-electron chi connectivity index (χ3n) is 4.34. The van der Waals surface area contributed by atoms with E-state index >= 15 is 0 Å². The van der Waals surface area contributed by atoms with E-state index < -0.39 is 0 Å². The Morgan fingerprint density at radius 1 is 1.10 bits per heavy atom. The molecule has 2 aromatic rings. The maximum absolute atomic E-state index is 3.47. The van der Waals surface area contributed by atoms with Gasteiger partial charge in [0.05, 0.1) is 6.04 Å². The second-order valence-electron chi connectivity index (χ2n) is 6.02. The predicted octanol–water partition coefficient (Wildman–Crippen LogP) is 3.67. The maximum Gasteiger partial charge on any atom is 0.0702 e. The fourth-order valence-electron chi connectivity index (χ4n) is 3.51. The summed E-state index contributed by atoms with van der Waals surface area (Å²) in [5, 5.41) is 5.66. The number of aryl methyl sites for hydroxylation is 3. The first-order valence-corrected chi connectivity index (χ1v) is 8.60. The smallest absolute Gasteiger partial charge is 0.0702 e. The number of nitrogens with zero attached hydrogens (tertiary/aromatic N) is 1. The fourth-order valence-corrected chi connectivity index (χ4v) is 4.38. The first-order valence-electron chi connectivity index (χ1n) is 7.72. The number of hydrogen-bond acceptors (Lipinski definition) is 3. The SMILES string of the molecule is Cc1cc(C)c([C@H](c2cccs2)N2CCNCC2)c(C)c1. The summed E-state index contributed by atoms with van der Waals surface area (Å²) in [7, 11) is 0. The number of nitrogens with one attached hydrogen (secondary N) is 1. The molecule has 1 fully saturated rings. The summed E-state index contributed by atoms with van der Waals surface area (Å²) in [5.74, 6) is 0. The van der Waals surface area contributed by atoms with Gasteiger partial charge in [0.1, 0.15) is 0 Å².